The van der Waals surface area contributed by atoms with Crippen molar-refractivity contribution in [1.82, 2.24) is 25.1 Å². The van der Waals surface area contributed by atoms with Gasteiger partial charge in [-0.05, 0) is 49.2 Å². The summed E-state index contributed by atoms with van der Waals surface area (Å²) < 4.78 is 7.77. The highest BCUT2D eigenvalue weighted by Gasteiger charge is 2.25. The minimum Gasteiger partial charge on any atom is -0.468 e. The Bertz CT molecular complexity index is 896. The molecule has 3 aromatic rings. The lowest BCUT2D eigenvalue weighted by Crippen LogP contribution is -2.42. The minimum absolute atomic E-state index is 0.225. The molecule has 4 rings (SSSR count). The number of furan rings is 1. The van der Waals surface area contributed by atoms with Gasteiger partial charge in [-0.2, -0.15) is 0 Å². The number of guanidine groups is 1. The van der Waals surface area contributed by atoms with Crippen LogP contribution in [0.5, 0.6) is 0 Å². The molecule has 1 aliphatic heterocycles. The first-order valence-electron chi connectivity index (χ1n) is 10.6. The molecule has 1 aliphatic rings. The normalized spacial score (nSPS) is 16.0. The van der Waals surface area contributed by atoms with E-state index in [1.54, 1.807) is 19.5 Å². The Hall–Kier alpha value is -3.06. The van der Waals surface area contributed by atoms with E-state index in [0.717, 1.165) is 44.4 Å². The van der Waals surface area contributed by atoms with Gasteiger partial charge in [-0.3, -0.25) is 9.89 Å². The number of nitrogens with zero attached hydrogens (tertiary/aromatic N) is 4. The van der Waals surface area contributed by atoms with Gasteiger partial charge in [0.2, 0.25) is 0 Å². The molecule has 2 N–H and O–H groups in total. The van der Waals surface area contributed by atoms with Gasteiger partial charge in [-0.1, -0.05) is 24.3 Å². The summed E-state index contributed by atoms with van der Waals surface area (Å²) in [6.07, 6.45) is 9.87. The van der Waals surface area contributed by atoms with Gasteiger partial charge in [0, 0.05) is 39.1 Å². The van der Waals surface area contributed by atoms with E-state index in [2.05, 4.69) is 60.4 Å². The molecule has 0 bridgehead atoms. The molecule has 1 unspecified atom stereocenters. The summed E-state index contributed by atoms with van der Waals surface area (Å²) in [5.74, 6) is 1.81. The van der Waals surface area contributed by atoms with Crippen LogP contribution in [0.3, 0.4) is 0 Å². The van der Waals surface area contributed by atoms with Gasteiger partial charge in [-0.15, -0.1) is 0 Å². The van der Waals surface area contributed by atoms with Crippen LogP contribution in [0.2, 0.25) is 0 Å². The van der Waals surface area contributed by atoms with Crippen LogP contribution >= 0.6 is 0 Å². The Morgan fingerprint density at radius 3 is 2.60 bits per heavy atom. The van der Waals surface area contributed by atoms with Crippen molar-refractivity contribution in [3.8, 4) is 0 Å². The zero-order chi connectivity index (χ0) is 20.6. The number of imidazole rings is 1. The van der Waals surface area contributed by atoms with Crippen LogP contribution < -0.4 is 10.6 Å². The monoisotopic (exact) mass is 406 g/mol. The summed E-state index contributed by atoms with van der Waals surface area (Å²) in [6, 6.07) is 12.9. The van der Waals surface area contributed by atoms with Crippen molar-refractivity contribution < 1.29 is 4.42 Å². The number of hydrogen-bond acceptors (Lipinski definition) is 4. The fourth-order valence-electron chi connectivity index (χ4n) is 3.90. The van der Waals surface area contributed by atoms with Gasteiger partial charge < -0.3 is 19.6 Å². The topological polar surface area (TPSA) is 70.6 Å². The maximum Gasteiger partial charge on any atom is 0.191 e. The number of aliphatic imine (C=N–C) groups is 1. The van der Waals surface area contributed by atoms with E-state index >= 15 is 0 Å². The van der Waals surface area contributed by atoms with E-state index in [4.69, 9.17) is 4.42 Å². The Morgan fingerprint density at radius 1 is 1.13 bits per heavy atom. The highest BCUT2D eigenvalue weighted by molar-refractivity contribution is 5.79. The quantitative estimate of drug-likeness (QED) is 0.445. The second kappa shape index (κ2) is 10.1. The molecule has 0 amide bonds. The van der Waals surface area contributed by atoms with Crippen LogP contribution in [0.4, 0.5) is 0 Å². The van der Waals surface area contributed by atoms with E-state index < -0.39 is 0 Å². The second-order valence-electron chi connectivity index (χ2n) is 7.63. The lowest BCUT2D eigenvalue weighted by molar-refractivity contribution is 0.215. The highest BCUT2D eigenvalue weighted by atomic mass is 16.3. The molecule has 7 heteroatoms. The molecule has 7 nitrogen and oxygen atoms in total. The van der Waals surface area contributed by atoms with Crippen molar-refractivity contribution in [2.75, 3.05) is 26.7 Å². The number of benzene rings is 1. The standard InChI is InChI=1S/C23H30N6O/c1-24-23(27-16-21(22-5-4-14-30-22)29-11-2-3-12-29)26-15-19-6-8-20(9-7-19)17-28-13-10-25-18-28/h4-10,13-14,18,21H,2-3,11-12,15-17H2,1H3,(H2,24,26,27). The summed E-state index contributed by atoms with van der Waals surface area (Å²) in [4.78, 5) is 11.0. The molecule has 158 valence electrons. The van der Waals surface area contributed by atoms with Crippen LogP contribution in [0.15, 0.2) is 70.8 Å². The van der Waals surface area contributed by atoms with Gasteiger partial charge in [-0.25, -0.2) is 4.98 Å². The molecule has 30 heavy (non-hydrogen) atoms. The van der Waals surface area contributed by atoms with E-state index in [0.29, 0.717) is 0 Å². The molecule has 1 atom stereocenters. The largest absolute Gasteiger partial charge is 0.468 e. The molecule has 0 radical (unpaired) electrons. The molecule has 1 saturated heterocycles. The summed E-state index contributed by atoms with van der Waals surface area (Å²) >= 11 is 0. The van der Waals surface area contributed by atoms with Gasteiger partial charge in [0.15, 0.2) is 5.96 Å². The molecule has 1 fully saturated rings. The van der Waals surface area contributed by atoms with Crippen LogP contribution in [-0.2, 0) is 13.1 Å². The predicted octanol–water partition coefficient (Wildman–Crippen LogP) is 3.03. The average Bonchev–Trinajstić information content (AvgIpc) is 3.56. The SMILES string of the molecule is CN=C(NCc1ccc(Cn2ccnc2)cc1)NCC(c1ccco1)N1CCCC1. The Labute approximate surface area is 177 Å². The van der Waals surface area contributed by atoms with E-state index in [1.807, 2.05) is 18.6 Å². The zero-order valence-corrected chi connectivity index (χ0v) is 17.5. The molecule has 2 aromatic heterocycles. The molecular formula is C23H30N6O. The number of aromatic nitrogens is 2. The van der Waals surface area contributed by atoms with Crippen LogP contribution in [0.25, 0.3) is 0 Å². The Morgan fingerprint density at radius 2 is 1.93 bits per heavy atom. The first-order valence-corrected chi connectivity index (χ1v) is 10.6. The molecule has 3 heterocycles. The van der Waals surface area contributed by atoms with Crippen LogP contribution in [-0.4, -0.2) is 47.1 Å². The first-order chi connectivity index (χ1) is 14.8. The van der Waals surface area contributed by atoms with Crippen LogP contribution in [0, 0.1) is 0 Å². The fourth-order valence-corrected chi connectivity index (χ4v) is 3.90. The Balaban J connectivity index is 1.29. The number of nitrogens with one attached hydrogen (secondary N) is 2. The third-order valence-corrected chi connectivity index (χ3v) is 5.55. The fraction of sp³-hybridized carbons (Fsp3) is 0.391. The van der Waals surface area contributed by atoms with Crippen molar-refractivity contribution in [1.29, 1.82) is 0 Å². The molecule has 1 aromatic carbocycles. The van der Waals surface area contributed by atoms with Crippen molar-refractivity contribution in [3.05, 3.63) is 78.3 Å². The van der Waals surface area contributed by atoms with Gasteiger partial charge in [0.1, 0.15) is 5.76 Å². The molecular weight excluding hydrogens is 376 g/mol. The third-order valence-electron chi connectivity index (χ3n) is 5.55. The molecule has 0 aliphatic carbocycles. The number of hydrogen-bond donors (Lipinski definition) is 2. The Kier molecular flexibility index (Phi) is 6.82. The second-order valence-corrected chi connectivity index (χ2v) is 7.63. The molecule has 0 saturated carbocycles. The average molecular weight is 407 g/mol. The van der Waals surface area contributed by atoms with Gasteiger partial charge in [0.05, 0.1) is 18.6 Å². The van der Waals surface area contributed by atoms with Gasteiger partial charge in [0.25, 0.3) is 0 Å². The van der Waals surface area contributed by atoms with E-state index in [9.17, 15) is 0 Å². The number of likely N-dealkylation sites (tertiary alicyclic amines) is 1. The summed E-state index contributed by atoms with van der Waals surface area (Å²) in [6.45, 7) is 4.55. The maximum atomic E-state index is 5.70. The van der Waals surface area contributed by atoms with Crippen molar-refractivity contribution in [2.24, 2.45) is 4.99 Å². The summed E-state index contributed by atoms with van der Waals surface area (Å²) in [5.41, 5.74) is 2.47. The molecule has 0 spiro atoms. The lowest BCUT2D eigenvalue weighted by Gasteiger charge is -2.26. The van der Waals surface area contributed by atoms with Crippen molar-refractivity contribution in [2.45, 2.75) is 32.0 Å². The smallest absolute Gasteiger partial charge is 0.191 e. The maximum absolute atomic E-state index is 5.70. The third kappa shape index (κ3) is 5.30. The van der Waals surface area contributed by atoms with E-state index in [1.165, 1.54) is 24.0 Å². The van der Waals surface area contributed by atoms with Crippen LogP contribution in [0.1, 0.15) is 35.8 Å². The van der Waals surface area contributed by atoms with Crippen molar-refractivity contribution >= 4 is 5.96 Å². The summed E-state index contributed by atoms with van der Waals surface area (Å²) in [7, 11) is 1.81. The first kappa shape index (κ1) is 20.2. The lowest BCUT2D eigenvalue weighted by atomic mass is 10.1. The number of rotatable bonds is 8. The zero-order valence-electron chi connectivity index (χ0n) is 17.5. The van der Waals surface area contributed by atoms with Crippen molar-refractivity contribution in [3.63, 3.8) is 0 Å². The van der Waals surface area contributed by atoms with E-state index in [-0.39, 0.29) is 6.04 Å². The predicted molar refractivity (Wildman–Crippen MR) is 118 cm³/mol. The highest BCUT2D eigenvalue weighted by Crippen LogP contribution is 2.24. The summed E-state index contributed by atoms with van der Waals surface area (Å²) in [5, 5.41) is 6.89. The van der Waals surface area contributed by atoms with Gasteiger partial charge >= 0.3 is 0 Å². The minimum atomic E-state index is 0.225.